The lowest BCUT2D eigenvalue weighted by Gasteiger charge is -2.13. The molecule has 1 rings (SSSR count). The lowest BCUT2D eigenvalue weighted by atomic mass is 10.1. The zero-order chi connectivity index (χ0) is 15.7. The number of ether oxygens (including phenoxy) is 3. The molecule has 0 spiro atoms. The Kier molecular flexibility index (Phi) is 8.73. The molecule has 0 aliphatic heterocycles. The van der Waals surface area contributed by atoms with E-state index in [1.165, 1.54) is 0 Å². The third-order valence-electron chi connectivity index (χ3n) is 3.05. The van der Waals surface area contributed by atoms with Gasteiger partial charge in [0.05, 0.1) is 31.9 Å². The van der Waals surface area contributed by atoms with Crippen molar-refractivity contribution in [3.8, 4) is 11.5 Å². The first-order valence-corrected chi connectivity index (χ1v) is 8.06. The van der Waals surface area contributed by atoms with Crippen LogP contribution in [0, 0.1) is 5.92 Å². The Hall–Kier alpha value is -0.780. The molecule has 0 bridgehead atoms. The second-order valence-electron chi connectivity index (χ2n) is 5.26. The minimum absolute atomic E-state index is 0.671. The van der Waals surface area contributed by atoms with Gasteiger partial charge in [0.25, 0.3) is 0 Å². The van der Waals surface area contributed by atoms with Crippen molar-refractivity contribution in [3.05, 3.63) is 22.2 Å². The van der Waals surface area contributed by atoms with Gasteiger partial charge in [-0.1, -0.05) is 13.8 Å². The molecule has 21 heavy (non-hydrogen) atoms. The first kappa shape index (κ1) is 18.3. The van der Waals surface area contributed by atoms with E-state index in [0.29, 0.717) is 12.5 Å². The summed E-state index contributed by atoms with van der Waals surface area (Å²) in [6.45, 7) is 7.70. The lowest BCUT2D eigenvalue weighted by molar-refractivity contribution is 0.138. The summed E-state index contributed by atoms with van der Waals surface area (Å²) in [5, 5.41) is 3.36. The minimum atomic E-state index is 0.671. The topological polar surface area (TPSA) is 39.7 Å². The van der Waals surface area contributed by atoms with Crippen molar-refractivity contribution in [1.82, 2.24) is 5.32 Å². The normalized spacial score (nSPS) is 11.0. The Morgan fingerprint density at radius 1 is 1.10 bits per heavy atom. The van der Waals surface area contributed by atoms with E-state index in [1.807, 2.05) is 12.1 Å². The van der Waals surface area contributed by atoms with E-state index in [9.17, 15) is 0 Å². The second-order valence-corrected chi connectivity index (χ2v) is 6.11. The third-order valence-corrected chi connectivity index (χ3v) is 3.67. The SMILES string of the molecule is COc1cc(CCOCCNCC(C)C)c(OC)cc1Br. The van der Waals surface area contributed by atoms with Crippen molar-refractivity contribution < 1.29 is 14.2 Å². The molecule has 1 N–H and O–H groups in total. The first-order valence-electron chi connectivity index (χ1n) is 7.27. The molecular formula is C16H26BrNO3. The molecule has 0 heterocycles. The van der Waals surface area contributed by atoms with Crippen molar-refractivity contribution in [2.24, 2.45) is 5.92 Å². The van der Waals surface area contributed by atoms with Crippen LogP contribution in [-0.2, 0) is 11.2 Å². The van der Waals surface area contributed by atoms with Crippen LogP contribution in [0.5, 0.6) is 11.5 Å². The van der Waals surface area contributed by atoms with Gasteiger partial charge in [0.1, 0.15) is 11.5 Å². The van der Waals surface area contributed by atoms with Crippen LogP contribution < -0.4 is 14.8 Å². The average Bonchev–Trinajstić information content (AvgIpc) is 2.46. The lowest BCUT2D eigenvalue weighted by Crippen LogP contribution is -2.24. The smallest absolute Gasteiger partial charge is 0.133 e. The summed E-state index contributed by atoms with van der Waals surface area (Å²) in [4.78, 5) is 0. The molecule has 0 aliphatic rings. The van der Waals surface area contributed by atoms with Crippen LogP contribution in [0.1, 0.15) is 19.4 Å². The molecule has 4 nitrogen and oxygen atoms in total. The Labute approximate surface area is 136 Å². The second kappa shape index (κ2) is 10.0. The maximum atomic E-state index is 5.65. The van der Waals surface area contributed by atoms with Gasteiger partial charge in [-0.15, -0.1) is 0 Å². The molecule has 0 amide bonds. The molecule has 5 heteroatoms. The first-order chi connectivity index (χ1) is 10.1. The number of hydrogen-bond acceptors (Lipinski definition) is 4. The van der Waals surface area contributed by atoms with Crippen molar-refractivity contribution in [3.63, 3.8) is 0 Å². The molecule has 120 valence electrons. The van der Waals surface area contributed by atoms with Crippen LogP contribution >= 0.6 is 15.9 Å². The van der Waals surface area contributed by atoms with Gasteiger partial charge in [0.2, 0.25) is 0 Å². The average molecular weight is 360 g/mol. The van der Waals surface area contributed by atoms with Gasteiger partial charge in [-0.3, -0.25) is 0 Å². The number of halogens is 1. The summed E-state index contributed by atoms with van der Waals surface area (Å²) < 4.78 is 17.3. The number of rotatable bonds is 10. The monoisotopic (exact) mass is 359 g/mol. The predicted molar refractivity (Wildman–Crippen MR) is 89.5 cm³/mol. The minimum Gasteiger partial charge on any atom is -0.496 e. The molecule has 0 radical (unpaired) electrons. The van der Waals surface area contributed by atoms with E-state index in [1.54, 1.807) is 14.2 Å². The Morgan fingerprint density at radius 3 is 2.43 bits per heavy atom. The van der Waals surface area contributed by atoms with Crippen molar-refractivity contribution in [2.45, 2.75) is 20.3 Å². The van der Waals surface area contributed by atoms with E-state index in [0.717, 1.165) is 47.7 Å². The number of nitrogens with one attached hydrogen (secondary N) is 1. The predicted octanol–water partition coefficient (Wildman–Crippen LogP) is 3.27. The van der Waals surface area contributed by atoms with Crippen molar-refractivity contribution >= 4 is 15.9 Å². The fourth-order valence-corrected chi connectivity index (χ4v) is 2.42. The molecule has 0 saturated carbocycles. The van der Waals surface area contributed by atoms with Crippen molar-refractivity contribution in [1.29, 1.82) is 0 Å². The van der Waals surface area contributed by atoms with Gasteiger partial charge >= 0.3 is 0 Å². The zero-order valence-electron chi connectivity index (χ0n) is 13.4. The van der Waals surface area contributed by atoms with Crippen LogP contribution in [0.4, 0.5) is 0 Å². The van der Waals surface area contributed by atoms with Crippen LogP contribution in [0.15, 0.2) is 16.6 Å². The summed E-state index contributed by atoms with van der Waals surface area (Å²) in [7, 11) is 3.34. The van der Waals surface area contributed by atoms with Crippen LogP contribution in [0.2, 0.25) is 0 Å². The van der Waals surface area contributed by atoms with Crippen LogP contribution in [0.3, 0.4) is 0 Å². The maximum Gasteiger partial charge on any atom is 0.133 e. The van der Waals surface area contributed by atoms with E-state index >= 15 is 0 Å². The summed E-state index contributed by atoms with van der Waals surface area (Å²) in [6, 6.07) is 3.92. The number of benzene rings is 1. The molecule has 0 aliphatic carbocycles. The van der Waals surface area contributed by atoms with Gasteiger partial charge in [0, 0.05) is 12.1 Å². The van der Waals surface area contributed by atoms with Crippen molar-refractivity contribution in [2.75, 3.05) is 40.5 Å². The Bertz CT molecular complexity index is 424. The summed E-state index contributed by atoms with van der Waals surface area (Å²) in [5.74, 6) is 2.33. The standard InChI is InChI=1S/C16H26BrNO3/c1-12(2)11-18-6-8-21-7-5-13-9-16(20-4)14(17)10-15(13)19-3/h9-10,12,18H,5-8,11H2,1-4H3. The van der Waals surface area contributed by atoms with E-state index < -0.39 is 0 Å². The van der Waals surface area contributed by atoms with Crippen LogP contribution in [-0.4, -0.2) is 40.5 Å². The highest BCUT2D eigenvalue weighted by molar-refractivity contribution is 9.10. The zero-order valence-corrected chi connectivity index (χ0v) is 15.0. The molecule has 1 aromatic carbocycles. The largest absolute Gasteiger partial charge is 0.496 e. The molecule has 0 atom stereocenters. The Morgan fingerprint density at radius 2 is 1.81 bits per heavy atom. The van der Waals surface area contributed by atoms with Gasteiger partial charge in [-0.2, -0.15) is 0 Å². The molecule has 0 aromatic heterocycles. The van der Waals surface area contributed by atoms with Gasteiger partial charge in [-0.05, 0) is 46.9 Å². The van der Waals surface area contributed by atoms with E-state index in [4.69, 9.17) is 14.2 Å². The highest BCUT2D eigenvalue weighted by Gasteiger charge is 2.09. The highest BCUT2D eigenvalue weighted by atomic mass is 79.9. The highest BCUT2D eigenvalue weighted by Crippen LogP contribution is 2.32. The van der Waals surface area contributed by atoms with Crippen LogP contribution in [0.25, 0.3) is 0 Å². The van der Waals surface area contributed by atoms with E-state index in [2.05, 4.69) is 35.1 Å². The fourth-order valence-electron chi connectivity index (χ4n) is 1.94. The summed E-state index contributed by atoms with van der Waals surface area (Å²) in [6.07, 6.45) is 0.803. The van der Waals surface area contributed by atoms with Gasteiger partial charge in [0.15, 0.2) is 0 Å². The third kappa shape index (κ3) is 6.68. The van der Waals surface area contributed by atoms with Gasteiger partial charge in [-0.25, -0.2) is 0 Å². The fraction of sp³-hybridized carbons (Fsp3) is 0.625. The molecule has 0 unspecified atom stereocenters. The van der Waals surface area contributed by atoms with Gasteiger partial charge < -0.3 is 19.5 Å². The summed E-state index contributed by atoms with van der Waals surface area (Å²) >= 11 is 3.46. The molecule has 0 saturated heterocycles. The molecule has 0 fully saturated rings. The maximum absolute atomic E-state index is 5.65. The number of hydrogen-bond donors (Lipinski definition) is 1. The van der Waals surface area contributed by atoms with E-state index in [-0.39, 0.29) is 0 Å². The molecular weight excluding hydrogens is 334 g/mol. The quantitative estimate of drug-likeness (QED) is 0.650. The molecule has 1 aromatic rings. The Balaban J connectivity index is 2.37. The number of methoxy groups -OCH3 is 2. The summed E-state index contributed by atoms with van der Waals surface area (Å²) in [5.41, 5.74) is 1.09.